The minimum atomic E-state index is 0. The molecule has 8 nitrogen and oxygen atoms in total. The fraction of sp³-hybridized carbons (Fsp3) is 0.444. The second-order valence-corrected chi connectivity index (χ2v) is 6.23. The molecule has 0 aliphatic rings. The van der Waals surface area contributed by atoms with Crippen LogP contribution in [0.4, 0.5) is 0 Å². The lowest BCUT2D eigenvalue weighted by atomic mass is 10.3. The minimum absolute atomic E-state index is 0. The summed E-state index contributed by atoms with van der Waals surface area (Å²) in [5, 5.41) is 8.46. The predicted octanol–water partition coefficient (Wildman–Crippen LogP) is -5.33. The van der Waals surface area contributed by atoms with Crippen molar-refractivity contribution in [1.29, 1.82) is 0 Å². The molecule has 0 aliphatic heterocycles. The monoisotopic (exact) mass is 612 g/mol. The number of hydrogen-bond acceptors (Lipinski definition) is 4. The molecule has 0 saturated heterocycles. The molecule has 2 heterocycles. The zero-order valence-corrected chi connectivity index (χ0v) is 20.4. The average Bonchev–Trinajstić information content (AvgIpc) is 3.25. The largest absolute Gasteiger partial charge is 1.00 e. The van der Waals surface area contributed by atoms with Crippen LogP contribution in [0.15, 0.2) is 49.6 Å². The Morgan fingerprint density at radius 3 is 1.46 bits per heavy atom. The van der Waals surface area contributed by atoms with Crippen molar-refractivity contribution >= 4 is 0 Å². The molecular formula is C18H26I2N6O2. The van der Waals surface area contributed by atoms with E-state index in [1.165, 1.54) is 0 Å². The van der Waals surface area contributed by atoms with Gasteiger partial charge in [-0.2, -0.15) is 0 Å². The van der Waals surface area contributed by atoms with Crippen LogP contribution in [0.5, 0.6) is 11.5 Å². The van der Waals surface area contributed by atoms with Crippen molar-refractivity contribution in [3.05, 3.63) is 49.6 Å². The van der Waals surface area contributed by atoms with Gasteiger partial charge in [-0.3, -0.25) is 0 Å². The number of rotatable bonds is 10. The lowest BCUT2D eigenvalue weighted by molar-refractivity contribution is -0.672. The molecule has 0 atom stereocenters. The third-order valence-corrected chi connectivity index (χ3v) is 3.82. The van der Waals surface area contributed by atoms with Gasteiger partial charge in [0.1, 0.15) is 24.6 Å². The van der Waals surface area contributed by atoms with E-state index in [4.69, 9.17) is 9.47 Å². The quantitative estimate of drug-likeness (QED) is 0.131. The van der Waals surface area contributed by atoms with Crippen LogP contribution in [0.25, 0.3) is 0 Å². The molecule has 3 rings (SSSR count). The number of aromatic nitrogens is 6. The molecule has 0 amide bonds. The molecule has 28 heavy (non-hydrogen) atoms. The van der Waals surface area contributed by atoms with Crippen molar-refractivity contribution in [3.8, 4) is 11.5 Å². The molecule has 0 spiro atoms. The molecule has 0 fully saturated rings. The second-order valence-electron chi connectivity index (χ2n) is 6.23. The molecule has 1 aromatic carbocycles. The van der Waals surface area contributed by atoms with E-state index in [1.54, 1.807) is 12.7 Å². The number of ether oxygens (including phenoxy) is 2. The van der Waals surface area contributed by atoms with Crippen molar-refractivity contribution in [2.24, 2.45) is 14.1 Å². The van der Waals surface area contributed by atoms with Crippen molar-refractivity contribution in [1.82, 2.24) is 19.6 Å². The maximum atomic E-state index is 5.76. The van der Waals surface area contributed by atoms with Gasteiger partial charge >= 0.3 is 0 Å². The first-order chi connectivity index (χ1) is 12.7. The molecule has 0 unspecified atom stereocenters. The summed E-state index contributed by atoms with van der Waals surface area (Å²) in [7, 11) is 3.92. The van der Waals surface area contributed by atoms with E-state index >= 15 is 0 Å². The maximum absolute atomic E-state index is 5.76. The van der Waals surface area contributed by atoms with Crippen LogP contribution in [0.3, 0.4) is 0 Å². The normalized spacial score (nSPS) is 10.1. The van der Waals surface area contributed by atoms with E-state index < -0.39 is 0 Å². The maximum Gasteiger partial charge on any atom is 0.264 e. The predicted molar refractivity (Wildman–Crippen MR) is 93.5 cm³/mol. The topological polar surface area (TPSA) is 61.9 Å². The van der Waals surface area contributed by atoms with Crippen molar-refractivity contribution in [2.45, 2.75) is 25.9 Å². The number of halogens is 2. The lowest BCUT2D eigenvalue weighted by Gasteiger charge is -2.08. The van der Waals surface area contributed by atoms with Gasteiger partial charge in [-0.25, -0.2) is 9.13 Å². The standard InChI is InChI=1S/C18H26N6O2.2HI/c1-21-13-19-23(15-21)9-3-11-25-17-5-7-18(8-6-17)26-12-4-10-24-16-22(2)14-20-24;;/h5-8,13-16H,3-4,9-12H2,1-2H3;2*1H/q+2;;/p-2. The van der Waals surface area contributed by atoms with Crippen molar-refractivity contribution in [2.75, 3.05) is 13.2 Å². The Labute approximate surface area is 199 Å². The molecule has 0 saturated carbocycles. The minimum Gasteiger partial charge on any atom is -1.00 e. The van der Waals surface area contributed by atoms with E-state index in [-0.39, 0.29) is 48.0 Å². The van der Waals surface area contributed by atoms with Gasteiger partial charge in [0.2, 0.25) is 12.7 Å². The van der Waals surface area contributed by atoms with E-state index in [1.807, 2.05) is 69.5 Å². The first kappa shape index (κ1) is 24.6. The number of benzene rings is 1. The highest BCUT2D eigenvalue weighted by atomic mass is 127. The molecule has 154 valence electrons. The zero-order chi connectivity index (χ0) is 18.2. The summed E-state index contributed by atoms with van der Waals surface area (Å²) in [5.41, 5.74) is 0. The van der Waals surface area contributed by atoms with Crippen molar-refractivity contribution in [3.63, 3.8) is 0 Å². The molecule has 0 radical (unpaired) electrons. The van der Waals surface area contributed by atoms with Crippen LogP contribution in [0.2, 0.25) is 0 Å². The van der Waals surface area contributed by atoms with Gasteiger partial charge < -0.3 is 57.4 Å². The highest BCUT2D eigenvalue weighted by Gasteiger charge is 2.04. The summed E-state index contributed by atoms with van der Waals surface area (Å²) in [4.78, 5) is 0. The van der Waals surface area contributed by atoms with Gasteiger partial charge in [0.25, 0.3) is 12.7 Å². The number of aryl methyl sites for hydroxylation is 4. The van der Waals surface area contributed by atoms with Crippen molar-refractivity contribution < 1.29 is 66.6 Å². The molecule has 0 N–H and O–H groups in total. The average molecular weight is 612 g/mol. The van der Waals surface area contributed by atoms with Gasteiger partial charge in [0.15, 0.2) is 0 Å². The summed E-state index contributed by atoms with van der Waals surface area (Å²) in [6.45, 7) is 3.00. The lowest BCUT2D eigenvalue weighted by Crippen LogP contribution is -3.00. The highest BCUT2D eigenvalue weighted by molar-refractivity contribution is 5.31. The molecule has 2 aromatic heterocycles. The Bertz CT molecular complexity index is 739. The van der Waals surface area contributed by atoms with Crippen LogP contribution in [-0.2, 0) is 27.2 Å². The first-order valence-electron chi connectivity index (χ1n) is 8.80. The van der Waals surface area contributed by atoms with E-state index in [0.29, 0.717) is 13.2 Å². The van der Waals surface area contributed by atoms with Crippen LogP contribution < -0.4 is 66.6 Å². The molecule has 10 heteroatoms. The fourth-order valence-electron chi connectivity index (χ4n) is 2.53. The Balaban J connectivity index is 0.00000196. The third-order valence-electron chi connectivity index (χ3n) is 3.82. The van der Waals surface area contributed by atoms with Crippen LogP contribution in [-0.4, -0.2) is 32.8 Å². The molecular weight excluding hydrogens is 586 g/mol. The SMILES string of the molecule is C[n+]1cnn(CCCOc2ccc(OCCCn3c[n+](C)cn3)cc2)c1.[I-].[I-]. The third kappa shape index (κ3) is 8.29. The summed E-state index contributed by atoms with van der Waals surface area (Å²) in [5.74, 6) is 1.71. The second kappa shape index (κ2) is 12.9. The molecule has 3 aromatic rings. The van der Waals surface area contributed by atoms with Gasteiger partial charge in [-0.1, -0.05) is 0 Å². The van der Waals surface area contributed by atoms with Gasteiger partial charge in [0.05, 0.1) is 27.3 Å². The summed E-state index contributed by atoms with van der Waals surface area (Å²) >= 11 is 0. The zero-order valence-electron chi connectivity index (χ0n) is 16.1. The smallest absolute Gasteiger partial charge is 0.264 e. The van der Waals surface area contributed by atoms with Crippen LogP contribution >= 0.6 is 0 Å². The first-order valence-corrected chi connectivity index (χ1v) is 8.80. The van der Waals surface area contributed by atoms with Crippen LogP contribution in [0.1, 0.15) is 12.8 Å². The fourth-order valence-corrected chi connectivity index (χ4v) is 2.53. The van der Waals surface area contributed by atoms with Gasteiger partial charge in [0, 0.05) is 23.0 Å². The Morgan fingerprint density at radius 1 is 0.750 bits per heavy atom. The highest BCUT2D eigenvalue weighted by Crippen LogP contribution is 2.18. The van der Waals surface area contributed by atoms with E-state index in [2.05, 4.69) is 10.2 Å². The Morgan fingerprint density at radius 2 is 1.14 bits per heavy atom. The summed E-state index contributed by atoms with van der Waals surface area (Å²) in [6, 6.07) is 7.76. The van der Waals surface area contributed by atoms with Gasteiger partial charge in [-0.05, 0) is 24.3 Å². The summed E-state index contributed by atoms with van der Waals surface area (Å²) in [6.07, 6.45) is 9.30. The van der Waals surface area contributed by atoms with E-state index in [0.717, 1.165) is 37.4 Å². The Kier molecular flexibility index (Phi) is 11.3. The van der Waals surface area contributed by atoms with E-state index in [9.17, 15) is 0 Å². The molecule has 0 bridgehead atoms. The summed E-state index contributed by atoms with van der Waals surface area (Å²) < 4.78 is 19.2. The number of nitrogens with zero attached hydrogens (tertiary/aromatic N) is 6. The van der Waals surface area contributed by atoms with Gasteiger partial charge in [-0.15, -0.1) is 9.36 Å². The van der Waals surface area contributed by atoms with Crippen LogP contribution in [0, 0.1) is 0 Å². The Hall–Kier alpha value is -1.44. The molecule has 0 aliphatic carbocycles. The number of hydrogen-bond donors (Lipinski definition) is 0.